The molecule has 3 aromatic rings. The molecular weight excluding hydrogens is 296 g/mol. The van der Waals surface area contributed by atoms with Gasteiger partial charge in [-0.1, -0.05) is 0 Å². The molecule has 1 aliphatic rings. The highest BCUT2D eigenvalue weighted by atomic mass is 32.1. The lowest BCUT2D eigenvalue weighted by Gasteiger charge is -2.05. The van der Waals surface area contributed by atoms with Gasteiger partial charge >= 0.3 is 0 Å². The van der Waals surface area contributed by atoms with E-state index in [2.05, 4.69) is 9.95 Å². The topological polar surface area (TPSA) is 39.7 Å². The molecule has 1 fully saturated rings. The number of ether oxygens (including phenoxy) is 1. The van der Waals surface area contributed by atoms with Gasteiger partial charge in [0.05, 0.1) is 24.8 Å². The van der Waals surface area contributed by atoms with Gasteiger partial charge < -0.3 is 13.7 Å². The molecule has 1 saturated carbocycles. The van der Waals surface area contributed by atoms with Gasteiger partial charge in [0.1, 0.15) is 5.75 Å². The Labute approximate surface area is 132 Å². The minimum Gasteiger partial charge on any atom is -0.497 e. The van der Waals surface area contributed by atoms with E-state index in [0.29, 0.717) is 6.04 Å². The second-order valence-corrected chi connectivity index (χ2v) is 6.13. The summed E-state index contributed by atoms with van der Waals surface area (Å²) in [6.45, 7) is 0. The minimum atomic E-state index is 0.545. The predicted octanol–water partition coefficient (Wildman–Crippen LogP) is 4.39. The minimum absolute atomic E-state index is 0.545. The number of nitrogens with zero attached hydrogens (tertiary/aromatic N) is 2. The maximum Gasteiger partial charge on any atom is 0.190 e. The highest BCUT2D eigenvalue weighted by Crippen LogP contribution is 2.38. The molecule has 0 saturated heterocycles. The van der Waals surface area contributed by atoms with Crippen LogP contribution in [0, 0.1) is 0 Å². The van der Waals surface area contributed by atoms with Crippen LogP contribution < -0.4 is 9.54 Å². The monoisotopic (exact) mass is 312 g/mol. The van der Waals surface area contributed by atoms with E-state index in [1.54, 1.807) is 24.7 Å². The summed E-state index contributed by atoms with van der Waals surface area (Å²) in [5.74, 6) is 1.75. The van der Waals surface area contributed by atoms with Crippen molar-refractivity contribution in [3.8, 4) is 17.2 Å². The lowest BCUT2D eigenvalue weighted by Crippen LogP contribution is -2.14. The fourth-order valence-electron chi connectivity index (χ4n) is 2.46. The van der Waals surface area contributed by atoms with Gasteiger partial charge in [0.15, 0.2) is 10.6 Å². The van der Waals surface area contributed by atoms with E-state index in [4.69, 9.17) is 14.1 Å². The van der Waals surface area contributed by atoms with Crippen molar-refractivity contribution in [1.29, 1.82) is 0 Å². The Morgan fingerprint density at radius 3 is 2.68 bits per heavy atom. The number of methoxy groups -OCH3 is 1. The van der Waals surface area contributed by atoms with Gasteiger partial charge in [-0.25, -0.2) is 4.99 Å². The summed E-state index contributed by atoms with van der Waals surface area (Å²) in [5.41, 5.74) is 2.05. The van der Waals surface area contributed by atoms with Crippen molar-refractivity contribution < 1.29 is 9.15 Å². The molecule has 4 nitrogen and oxygen atoms in total. The molecule has 0 atom stereocenters. The van der Waals surface area contributed by atoms with Gasteiger partial charge in [0, 0.05) is 11.4 Å². The van der Waals surface area contributed by atoms with Crippen LogP contribution >= 0.6 is 11.3 Å². The molecule has 0 unspecified atom stereocenters. The lowest BCUT2D eigenvalue weighted by atomic mass is 10.3. The molecule has 0 aliphatic heterocycles. The second-order valence-electron chi connectivity index (χ2n) is 5.29. The zero-order chi connectivity index (χ0) is 14.9. The number of rotatable bonds is 4. The molecular formula is C17H16N2O2S. The molecule has 5 heteroatoms. The lowest BCUT2D eigenvalue weighted by molar-refractivity contribution is 0.415. The van der Waals surface area contributed by atoms with Gasteiger partial charge in [-0.15, -0.1) is 11.3 Å². The van der Waals surface area contributed by atoms with Crippen LogP contribution in [0.1, 0.15) is 18.9 Å². The molecule has 2 aromatic heterocycles. The Kier molecular flexibility index (Phi) is 3.35. The maximum atomic E-state index is 5.56. The normalized spacial score (nSPS) is 15.2. The average Bonchev–Trinajstić information content (AvgIpc) is 3.08. The Morgan fingerprint density at radius 2 is 2.05 bits per heavy atom. The first-order valence-electron chi connectivity index (χ1n) is 7.28. The second kappa shape index (κ2) is 5.50. The SMILES string of the molecule is COc1ccc(N=c2scc(-c3ccco3)n2C2CC2)cc1. The Hall–Kier alpha value is -2.27. The van der Waals surface area contributed by atoms with Crippen LogP contribution in [0.15, 0.2) is 57.5 Å². The van der Waals surface area contributed by atoms with E-state index < -0.39 is 0 Å². The third kappa shape index (κ3) is 2.48. The van der Waals surface area contributed by atoms with E-state index in [0.717, 1.165) is 27.7 Å². The average molecular weight is 312 g/mol. The largest absolute Gasteiger partial charge is 0.497 e. The molecule has 0 bridgehead atoms. The Morgan fingerprint density at radius 1 is 1.23 bits per heavy atom. The zero-order valence-corrected chi connectivity index (χ0v) is 13.0. The van der Waals surface area contributed by atoms with Crippen molar-refractivity contribution in [3.63, 3.8) is 0 Å². The van der Waals surface area contributed by atoms with Crippen LogP contribution in [0.3, 0.4) is 0 Å². The molecule has 0 N–H and O–H groups in total. The van der Waals surface area contributed by atoms with Crippen molar-refractivity contribution in [1.82, 2.24) is 4.57 Å². The standard InChI is InChI=1S/C17H16N2O2S/c1-20-14-8-4-12(5-9-14)18-17-19(13-6-7-13)15(11-22-17)16-3-2-10-21-16/h2-5,8-11,13H,6-7H2,1H3. The fourth-order valence-corrected chi connectivity index (χ4v) is 3.43. The Bertz CT molecular complexity index is 824. The highest BCUT2D eigenvalue weighted by molar-refractivity contribution is 7.07. The van der Waals surface area contributed by atoms with Crippen LogP contribution in [-0.4, -0.2) is 11.7 Å². The molecule has 0 amide bonds. The number of furan rings is 1. The van der Waals surface area contributed by atoms with E-state index in [9.17, 15) is 0 Å². The molecule has 4 rings (SSSR count). The van der Waals surface area contributed by atoms with Crippen molar-refractivity contribution in [2.75, 3.05) is 7.11 Å². The number of hydrogen-bond donors (Lipinski definition) is 0. The summed E-state index contributed by atoms with van der Waals surface area (Å²) in [7, 11) is 1.67. The van der Waals surface area contributed by atoms with E-state index in [1.165, 1.54) is 12.8 Å². The summed E-state index contributed by atoms with van der Waals surface area (Å²) >= 11 is 1.65. The zero-order valence-electron chi connectivity index (χ0n) is 12.2. The van der Waals surface area contributed by atoms with Crippen LogP contribution in [0.5, 0.6) is 5.75 Å². The molecule has 0 radical (unpaired) electrons. The van der Waals surface area contributed by atoms with Crippen molar-refractivity contribution in [3.05, 3.63) is 52.8 Å². The number of benzene rings is 1. The van der Waals surface area contributed by atoms with Gasteiger partial charge in [-0.2, -0.15) is 0 Å². The van der Waals surface area contributed by atoms with Gasteiger partial charge in [-0.05, 0) is 49.2 Å². The third-order valence-electron chi connectivity index (χ3n) is 3.72. The Balaban J connectivity index is 1.79. The fraction of sp³-hybridized carbons (Fsp3) is 0.235. The summed E-state index contributed by atoms with van der Waals surface area (Å²) in [6, 6.07) is 12.3. The summed E-state index contributed by atoms with van der Waals surface area (Å²) in [4.78, 5) is 5.81. The van der Waals surface area contributed by atoms with Crippen LogP contribution in [0.25, 0.3) is 11.5 Å². The summed E-state index contributed by atoms with van der Waals surface area (Å²) in [6.07, 6.45) is 4.13. The van der Waals surface area contributed by atoms with Crippen molar-refractivity contribution in [2.24, 2.45) is 4.99 Å². The van der Waals surface area contributed by atoms with Crippen molar-refractivity contribution >= 4 is 17.0 Å². The first-order valence-corrected chi connectivity index (χ1v) is 8.16. The predicted molar refractivity (Wildman–Crippen MR) is 86.5 cm³/mol. The van der Waals surface area contributed by atoms with Gasteiger partial charge in [0.25, 0.3) is 0 Å². The first kappa shape index (κ1) is 13.4. The molecule has 22 heavy (non-hydrogen) atoms. The van der Waals surface area contributed by atoms with Crippen LogP contribution in [-0.2, 0) is 0 Å². The smallest absolute Gasteiger partial charge is 0.190 e. The van der Waals surface area contributed by atoms with Gasteiger partial charge in [0.2, 0.25) is 0 Å². The van der Waals surface area contributed by atoms with Crippen LogP contribution in [0.2, 0.25) is 0 Å². The summed E-state index contributed by atoms with van der Waals surface area (Å²) in [5, 5.41) is 2.12. The quantitative estimate of drug-likeness (QED) is 0.717. The highest BCUT2D eigenvalue weighted by Gasteiger charge is 2.28. The molecule has 112 valence electrons. The molecule has 1 aromatic carbocycles. The van der Waals surface area contributed by atoms with Crippen LogP contribution in [0.4, 0.5) is 5.69 Å². The summed E-state index contributed by atoms with van der Waals surface area (Å²) < 4.78 is 13.0. The number of thiazole rings is 1. The molecule has 1 aliphatic carbocycles. The number of hydrogen-bond acceptors (Lipinski definition) is 4. The molecule has 0 spiro atoms. The van der Waals surface area contributed by atoms with Gasteiger partial charge in [-0.3, -0.25) is 0 Å². The molecule has 2 heterocycles. The van der Waals surface area contributed by atoms with Crippen molar-refractivity contribution in [2.45, 2.75) is 18.9 Å². The third-order valence-corrected chi connectivity index (χ3v) is 4.56. The maximum absolute atomic E-state index is 5.56. The first-order chi connectivity index (χ1) is 10.8. The van der Waals surface area contributed by atoms with E-state index >= 15 is 0 Å². The van der Waals surface area contributed by atoms with E-state index in [-0.39, 0.29) is 0 Å². The van der Waals surface area contributed by atoms with E-state index in [1.807, 2.05) is 36.4 Å². The number of aromatic nitrogens is 1.